The van der Waals surface area contributed by atoms with Crippen LogP contribution in [-0.4, -0.2) is 46.5 Å². The fourth-order valence-corrected chi connectivity index (χ4v) is 6.30. The maximum atomic E-state index is 15.4. The first-order valence-electron chi connectivity index (χ1n) is 15.1. The molecule has 45 heavy (non-hydrogen) atoms. The van der Waals surface area contributed by atoms with Crippen molar-refractivity contribution in [3.8, 4) is 0 Å². The van der Waals surface area contributed by atoms with Crippen molar-refractivity contribution < 1.29 is 19.1 Å². The second kappa shape index (κ2) is 12.6. The number of likely N-dealkylation sites (tertiary alicyclic amines) is 1. The first-order valence-corrected chi connectivity index (χ1v) is 15.5. The van der Waals surface area contributed by atoms with E-state index in [4.69, 9.17) is 16.6 Å². The van der Waals surface area contributed by atoms with Crippen molar-refractivity contribution in [3.05, 3.63) is 107 Å². The number of hydrogen-bond acceptors (Lipinski definition) is 5. The summed E-state index contributed by atoms with van der Waals surface area (Å²) in [5, 5.41) is 17.7. The van der Waals surface area contributed by atoms with Gasteiger partial charge in [-0.05, 0) is 79.3 Å². The maximum Gasteiger partial charge on any atom is 0.322 e. The van der Waals surface area contributed by atoms with E-state index in [-0.39, 0.29) is 18.7 Å². The summed E-state index contributed by atoms with van der Waals surface area (Å²) in [6, 6.07) is 18.4. The average molecular weight is 628 g/mol. The standard InChI is InChI=1S/C35H35ClFN5O3/c1-23-35(17-16-24-8-9-24,39-19-5-18-38-23)26-10-15-29(37)30(20-26)41-32(43)31-21-34(45,25-6-3-2-4-7-25)22-42(31)33(44)40-28-13-11-27(36)12-14-28/h2-7,10-15,18-20,24,31,45H,8-9,16-17,21-22H2,1H3,(H,40,44)(H,41,43)/t31-,34-,35?/m1/s1. The number of nitrogens with one attached hydrogen (secondary N) is 2. The molecule has 1 saturated heterocycles. The van der Waals surface area contributed by atoms with Gasteiger partial charge in [-0.15, -0.1) is 0 Å². The number of carbonyl (C=O) groups is 2. The molecule has 0 radical (unpaired) electrons. The summed E-state index contributed by atoms with van der Waals surface area (Å²) in [7, 11) is 0. The lowest BCUT2D eigenvalue weighted by atomic mass is 9.81. The van der Waals surface area contributed by atoms with Crippen molar-refractivity contribution in [1.82, 2.24) is 4.90 Å². The quantitative estimate of drug-likeness (QED) is 0.249. The highest BCUT2D eigenvalue weighted by Crippen LogP contribution is 2.42. The van der Waals surface area contributed by atoms with E-state index in [1.54, 1.807) is 79.2 Å². The minimum Gasteiger partial charge on any atom is -0.383 e. The first kappa shape index (κ1) is 30.7. The van der Waals surface area contributed by atoms with E-state index in [0.29, 0.717) is 34.2 Å². The number of hydrogen-bond donors (Lipinski definition) is 3. The Hall–Kier alpha value is -4.34. The predicted octanol–water partition coefficient (Wildman–Crippen LogP) is 7.06. The van der Waals surface area contributed by atoms with Gasteiger partial charge in [0.1, 0.15) is 23.0 Å². The van der Waals surface area contributed by atoms with Gasteiger partial charge in [0.05, 0.1) is 12.2 Å². The third-order valence-corrected chi connectivity index (χ3v) is 9.21. The van der Waals surface area contributed by atoms with E-state index in [1.165, 1.54) is 23.8 Å². The van der Waals surface area contributed by atoms with Crippen molar-refractivity contribution in [3.63, 3.8) is 0 Å². The molecule has 3 aliphatic rings. The molecule has 3 N–H and O–H groups in total. The van der Waals surface area contributed by atoms with Gasteiger partial charge in [-0.3, -0.25) is 14.8 Å². The summed E-state index contributed by atoms with van der Waals surface area (Å²) < 4.78 is 15.4. The molecule has 8 nitrogen and oxygen atoms in total. The summed E-state index contributed by atoms with van der Waals surface area (Å²) in [5.74, 6) is -0.590. The Kier molecular flexibility index (Phi) is 8.57. The molecule has 6 rings (SSSR count). The first-order chi connectivity index (χ1) is 21.7. The van der Waals surface area contributed by atoms with Crippen LogP contribution in [0, 0.1) is 11.7 Å². The van der Waals surface area contributed by atoms with Gasteiger partial charge < -0.3 is 20.6 Å². The van der Waals surface area contributed by atoms with Crippen molar-refractivity contribution in [2.24, 2.45) is 15.9 Å². The van der Waals surface area contributed by atoms with Gasteiger partial charge in [0.25, 0.3) is 0 Å². The second-order valence-electron chi connectivity index (χ2n) is 12.0. The molecule has 232 valence electrons. The number of allylic oxidation sites excluding steroid dienone is 1. The van der Waals surface area contributed by atoms with Gasteiger partial charge in [-0.25, -0.2) is 9.18 Å². The van der Waals surface area contributed by atoms with E-state index in [9.17, 15) is 14.7 Å². The SMILES string of the molecule is CC1=NC=CC=NC1(CCC1CC1)c1ccc(F)c(NC(=O)[C@H]2C[C@](O)(c3ccccc3)CN2C(=O)Nc2ccc(Cl)cc2)c1. The highest BCUT2D eigenvalue weighted by atomic mass is 35.5. The Morgan fingerprint density at radius 3 is 2.53 bits per heavy atom. The number of anilines is 2. The van der Waals surface area contributed by atoms with Crippen molar-refractivity contribution >= 4 is 46.8 Å². The van der Waals surface area contributed by atoms with Crippen LogP contribution in [0.25, 0.3) is 0 Å². The monoisotopic (exact) mass is 627 g/mol. The molecule has 0 bridgehead atoms. The minimum absolute atomic E-state index is 0.0308. The number of aliphatic hydroxyl groups is 1. The largest absolute Gasteiger partial charge is 0.383 e. The molecule has 3 amide bonds. The molecular formula is C35H35ClFN5O3. The molecule has 3 aromatic carbocycles. The lowest BCUT2D eigenvalue weighted by Crippen LogP contribution is -2.45. The van der Waals surface area contributed by atoms with E-state index in [2.05, 4.69) is 15.6 Å². The van der Waals surface area contributed by atoms with Crippen LogP contribution in [0.2, 0.25) is 5.02 Å². The van der Waals surface area contributed by atoms with E-state index in [1.807, 2.05) is 13.0 Å². The zero-order valence-corrected chi connectivity index (χ0v) is 25.7. The summed E-state index contributed by atoms with van der Waals surface area (Å²) in [6.07, 6.45) is 9.15. The van der Waals surface area contributed by atoms with Crippen molar-refractivity contribution in [1.29, 1.82) is 0 Å². The van der Waals surface area contributed by atoms with Gasteiger partial charge in [0.15, 0.2) is 0 Å². The number of benzene rings is 3. The number of carbonyl (C=O) groups excluding carboxylic acids is 2. The van der Waals surface area contributed by atoms with Crippen molar-refractivity contribution in [2.75, 3.05) is 17.2 Å². The van der Waals surface area contributed by atoms with Crippen LogP contribution in [0.1, 0.15) is 50.2 Å². The summed E-state index contributed by atoms with van der Waals surface area (Å²) in [4.78, 5) is 38.2. The lowest BCUT2D eigenvalue weighted by molar-refractivity contribution is -0.119. The Bertz CT molecular complexity index is 1670. The fourth-order valence-electron chi connectivity index (χ4n) is 6.17. The van der Waals surface area contributed by atoms with Crippen LogP contribution < -0.4 is 10.6 Å². The number of aliphatic imine (C=N–C) groups is 2. The molecule has 1 saturated carbocycles. The highest BCUT2D eigenvalue weighted by Gasteiger charge is 2.49. The number of urea groups is 1. The number of rotatable bonds is 8. The third kappa shape index (κ3) is 6.55. The molecule has 3 atom stereocenters. The zero-order chi connectivity index (χ0) is 31.6. The number of amides is 3. The molecule has 0 aromatic heterocycles. The highest BCUT2D eigenvalue weighted by molar-refractivity contribution is 6.30. The lowest BCUT2D eigenvalue weighted by Gasteiger charge is -2.31. The van der Waals surface area contributed by atoms with Gasteiger partial charge in [-0.1, -0.05) is 60.8 Å². The number of halogens is 2. The van der Waals surface area contributed by atoms with Crippen LogP contribution >= 0.6 is 11.6 Å². The third-order valence-electron chi connectivity index (χ3n) is 8.96. The van der Waals surface area contributed by atoms with Crippen LogP contribution in [0.4, 0.5) is 20.6 Å². The Morgan fingerprint density at radius 2 is 1.80 bits per heavy atom. The average Bonchev–Trinajstić information content (AvgIpc) is 3.83. The summed E-state index contributed by atoms with van der Waals surface area (Å²) in [6.45, 7) is 1.78. The normalized spacial score (nSPS) is 24.2. The molecule has 1 unspecified atom stereocenters. The van der Waals surface area contributed by atoms with Crippen LogP contribution in [-0.2, 0) is 15.9 Å². The Morgan fingerprint density at radius 1 is 1.04 bits per heavy atom. The van der Waals surface area contributed by atoms with Crippen LogP contribution in [0.3, 0.4) is 0 Å². The van der Waals surface area contributed by atoms with E-state index < -0.39 is 34.9 Å². The van der Waals surface area contributed by atoms with Crippen LogP contribution in [0.5, 0.6) is 0 Å². The smallest absolute Gasteiger partial charge is 0.322 e. The number of β-amino-alcohol motifs (C(OH)–C–C–N with tert-alkyl or cyclic N) is 1. The van der Waals surface area contributed by atoms with Crippen LogP contribution in [0.15, 0.2) is 95.1 Å². The topological polar surface area (TPSA) is 106 Å². The molecule has 10 heteroatoms. The fraction of sp³-hybridized carbons (Fsp3) is 0.314. The van der Waals surface area contributed by atoms with Gasteiger partial charge in [0, 0.05) is 35.3 Å². The van der Waals surface area contributed by atoms with Gasteiger partial charge in [0.2, 0.25) is 5.91 Å². The number of nitrogens with zero attached hydrogens (tertiary/aromatic N) is 3. The second-order valence-corrected chi connectivity index (χ2v) is 12.5. The summed E-state index contributed by atoms with van der Waals surface area (Å²) >= 11 is 6.00. The van der Waals surface area contributed by atoms with E-state index >= 15 is 4.39 Å². The molecule has 1 aliphatic carbocycles. The summed E-state index contributed by atoms with van der Waals surface area (Å²) in [5.41, 5.74) is 0.219. The molecule has 3 aromatic rings. The molecule has 2 heterocycles. The van der Waals surface area contributed by atoms with Gasteiger partial charge >= 0.3 is 6.03 Å². The zero-order valence-electron chi connectivity index (χ0n) is 24.9. The minimum atomic E-state index is -1.50. The molecule has 0 spiro atoms. The molecular weight excluding hydrogens is 593 g/mol. The molecule has 2 aliphatic heterocycles. The van der Waals surface area contributed by atoms with Crippen molar-refractivity contribution in [2.45, 2.75) is 56.2 Å². The maximum absolute atomic E-state index is 15.4. The Balaban J connectivity index is 1.29. The molecule has 2 fully saturated rings. The van der Waals surface area contributed by atoms with Gasteiger partial charge in [-0.2, -0.15) is 0 Å². The Labute approximate surface area is 266 Å². The van der Waals surface area contributed by atoms with E-state index in [0.717, 1.165) is 12.1 Å². The predicted molar refractivity (Wildman–Crippen MR) is 175 cm³/mol.